The van der Waals surface area contributed by atoms with Crippen LogP contribution in [0.2, 0.25) is 5.15 Å². The van der Waals surface area contributed by atoms with Gasteiger partial charge < -0.3 is 4.90 Å². The van der Waals surface area contributed by atoms with Crippen LogP contribution >= 0.6 is 11.6 Å². The molecule has 1 fully saturated rings. The van der Waals surface area contributed by atoms with Gasteiger partial charge in [-0.3, -0.25) is 4.79 Å². The third-order valence-electron chi connectivity index (χ3n) is 5.46. The Hall–Kier alpha value is -1.96. The van der Waals surface area contributed by atoms with E-state index in [-0.39, 0.29) is 24.1 Å². The second-order valence-corrected chi connectivity index (χ2v) is 9.53. The lowest BCUT2D eigenvalue weighted by molar-refractivity contribution is 0.0698. The third-order valence-corrected chi connectivity index (χ3v) is 7.56. The number of nitrogens with zero attached hydrogens (tertiary/aromatic N) is 3. The number of benzene rings is 1. The predicted molar refractivity (Wildman–Crippen MR) is 107 cm³/mol. The largest absolute Gasteiger partial charge is 0.336 e. The molecule has 8 heteroatoms. The van der Waals surface area contributed by atoms with E-state index in [1.54, 1.807) is 17.0 Å². The summed E-state index contributed by atoms with van der Waals surface area (Å²) in [5.74, 6) is -0.157. The van der Waals surface area contributed by atoms with Gasteiger partial charge in [-0.1, -0.05) is 17.7 Å². The fraction of sp³-hybridized carbons (Fsp3) is 0.400. The third kappa shape index (κ3) is 3.79. The van der Waals surface area contributed by atoms with Crippen LogP contribution in [0, 0.1) is 0 Å². The minimum Gasteiger partial charge on any atom is -0.336 e. The van der Waals surface area contributed by atoms with Crippen molar-refractivity contribution in [1.29, 1.82) is 0 Å². The maximum atomic E-state index is 13.1. The van der Waals surface area contributed by atoms with E-state index in [9.17, 15) is 13.2 Å². The number of pyridine rings is 1. The molecule has 0 atom stereocenters. The number of carbonyl (C=O) groups is 1. The summed E-state index contributed by atoms with van der Waals surface area (Å²) < 4.78 is 27.6. The fourth-order valence-electron chi connectivity index (χ4n) is 3.87. The van der Waals surface area contributed by atoms with Crippen molar-refractivity contribution in [2.75, 3.05) is 26.2 Å². The van der Waals surface area contributed by atoms with E-state index in [0.29, 0.717) is 23.5 Å². The number of hydrogen-bond donors (Lipinski definition) is 0. The number of hydrogen-bond acceptors (Lipinski definition) is 4. The summed E-state index contributed by atoms with van der Waals surface area (Å²) in [6.45, 7) is 1.26. The Labute approximate surface area is 170 Å². The monoisotopic (exact) mass is 419 g/mol. The van der Waals surface area contributed by atoms with Gasteiger partial charge >= 0.3 is 0 Å². The number of sulfonamides is 1. The normalized spacial score (nSPS) is 18.0. The Bertz CT molecular complexity index is 1000. The molecule has 6 nitrogen and oxygen atoms in total. The number of carbonyl (C=O) groups excluding carboxylic acids is 1. The van der Waals surface area contributed by atoms with Crippen molar-refractivity contribution in [1.82, 2.24) is 14.2 Å². The van der Waals surface area contributed by atoms with Crippen LogP contribution in [0.3, 0.4) is 0 Å². The molecule has 0 bridgehead atoms. The van der Waals surface area contributed by atoms with E-state index in [1.807, 2.05) is 12.1 Å². The predicted octanol–water partition coefficient (Wildman–Crippen LogP) is 2.76. The van der Waals surface area contributed by atoms with Crippen molar-refractivity contribution in [2.24, 2.45) is 0 Å². The molecule has 0 unspecified atom stereocenters. The molecule has 148 valence electrons. The highest BCUT2D eigenvalue weighted by Crippen LogP contribution is 2.26. The fourth-order valence-corrected chi connectivity index (χ4v) is 5.52. The van der Waals surface area contributed by atoms with E-state index >= 15 is 0 Å². The molecule has 1 saturated heterocycles. The number of aryl methyl sites for hydroxylation is 2. The smallest absolute Gasteiger partial charge is 0.254 e. The number of rotatable bonds is 3. The first-order chi connectivity index (χ1) is 13.4. The van der Waals surface area contributed by atoms with E-state index in [1.165, 1.54) is 22.1 Å². The van der Waals surface area contributed by atoms with Crippen LogP contribution in [-0.2, 0) is 22.9 Å². The van der Waals surface area contributed by atoms with Gasteiger partial charge in [0.25, 0.3) is 5.91 Å². The number of piperazine rings is 1. The van der Waals surface area contributed by atoms with Gasteiger partial charge in [-0.05, 0) is 61.1 Å². The summed E-state index contributed by atoms with van der Waals surface area (Å²) in [5, 5.41) is 0.263. The van der Waals surface area contributed by atoms with Gasteiger partial charge in [0.05, 0.1) is 4.90 Å². The molecule has 1 aliphatic carbocycles. The van der Waals surface area contributed by atoms with Gasteiger partial charge in [0.1, 0.15) is 5.15 Å². The SMILES string of the molecule is O=C(c1ccnc(Cl)c1)N1CCN(S(=O)(=O)c2ccc3c(c2)CCCC3)CC1. The molecule has 1 amide bonds. The highest BCUT2D eigenvalue weighted by atomic mass is 35.5. The van der Waals surface area contributed by atoms with Gasteiger partial charge in [0.15, 0.2) is 0 Å². The number of fused-ring (bicyclic) bond motifs is 1. The molecule has 0 saturated carbocycles. The second-order valence-electron chi connectivity index (χ2n) is 7.20. The van der Waals surface area contributed by atoms with Gasteiger partial charge in [-0.2, -0.15) is 4.31 Å². The van der Waals surface area contributed by atoms with E-state index in [2.05, 4.69) is 4.98 Å². The average molecular weight is 420 g/mol. The lowest BCUT2D eigenvalue weighted by atomic mass is 9.92. The van der Waals surface area contributed by atoms with Crippen molar-refractivity contribution in [3.8, 4) is 0 Å². The molecule has 28 heavy (non-hydrogen) atoms. The molecular weight excluding hydrogens is 398 g/mol. The molecule has 0 spiro atoms. The molecular formula is C20H22ClN3O3S. The van der Waals surface area contributed by atoms with Crippen molar-refractivity contribution >= 4 is 27.5 Å². The first-order valence-corrected chi connectivity index (χ1v) is 11.3. The minimum atomic E-state index is -3.55. The van der Waals surface area contributed by atoms with Gasteiger partial charge in [0, 0.05) is 37.9 Å². The molecule has 0 radical (unpaired) electrons. The quantitative estimate of drug-likeness (QED) is 0.717. The van der Waals surface area contributed by atoms with Crippen LogP contribution in [0.25, 0.3) is 0 Å². The summed E-state index contributed by atoms with van der Waals surface area (Å²) in [6.07, 6.45) is 5.73. The van der Waals surface area contributed by atoms with Crippen molar-refractivity contribution in [2.45, 2.75) is 30.6 Å². The standard InChI is InChI=1S/C20H22ClN3O3S/c21-19-14-17(7-8-22-19)20(25)23-9-11-24(12-10-23)28(26,27)18-6-5-15-3-1-2-4-16(15)13-18/h5-8,13-14H,1-4,9-12H2. The molecule has 2 heterocycles. The lowest BCUT2D eigenvalue weighted by Crippen LogP contribution is -2.50. The van der Waals surface area contributed by atoms with Gasteiger partial charge in [0.2, 0.25) is 10.0 Å². The number of halogens is 1. The first-order valence-electron chi connectivity index (χ1n) is 9.48. The van der Waals surface area contributed by atoms with Crippen LogP contribution in [0.4, 0.5) is 0 Å². The van der Waals surface area contributed by atoms with Crippen LogP contribution in [0.15, 0.2) is 41.4 Å². The zero-order chi connectivity index (χ0) is 19.7. The molecule has 4 rings (SSSR count). The zero-order valence-electron chi connectivity index (χ0n) is 15.5. The van der Waals surface area contributed by atoms with E-state index in [0.717, 1.165) is 31.2 Å². The molecule has 0 N–H and O–H groups in total. The molecule has 2 aromatic rings. The van der Waals surface area contributed by atoms with E-state index in [4.69, 9.17) is 11.6 Å². The molecule has 1 aromatic carbocycles. The number of amides is 1. The molecule has 1 aliphatic heterocycles. The summed E-state index contributed by atoms with van der Waals surface area (Å²) in [7, 11) is -3.55. The molecule has 2 aliphatic rings. The first kappa shape index (κ1) is 19.4. The summed E-state index contributed by atoms with van der Waals surface area (Å²) in [6, 6.07) is 8.65. The van der Waals surface area contributed by atoms with Crippen molar-refractivity contribution < 1.29 is 13.2 Å². The highest BCUT2D eigenvalue weighted by Gasteiger charge is 2.31. The van der Waals surface area contributed by atoms with Crippen molar-refractivity contribution in [3.63, 3.8) is 0 Å². The van der Waals surface area contributed by atoms with E-state index < -0.39 is 10.0 Å². The van der Waals surface area contributed by atoms with Crippen LogP contribution in [0.5, 0.6) is 0 Å². The maximum absolute atomic E-state index is 13.1. The zero-order valence-corrected chi connectivity index (χ0v) is 17.0. The number of aromatic nitrogens is 1. The maximum Gasteiger partial charge on any atom is 0.254 e. The second kappa shape index (κ2) is 7.81. The Morgan fingerprint density at radius 2 is 1.68 bits per heavy atom. The average Bonchev–Trinajstić information content (AvgIpc) is 2.73. The van der Waals surface area contributed by atoms with Crippen LogP contribution < -0.4 is 0 Å². The van der Waals surface area contributed by atoms with Gasteiger partial charge in [-0.25, -0.2) is 13.4 Å². The Kier molecular flexibility index (Phi) is 5.40. The molecule has 1 aromatic heterocycles. The highest BCUT2D eigenvalue weighted by molar-refractivity contribution is 7.89. The Morgan fingerprint density at radius 3 is 2.39 bits per heavy atom. The Morgan fingerprint density at radius 1 is 0.964 bits per heavy atom. The summed E-state index contributed by atoms with van der Waals surface area (Å²) in [4.78, 5) is 18.5. The van der Waals surface area contributed by atoms with Crippen molar-refractivity contribution in [3.05, 3.63) is 58.4 Å². The van der Waals surface area contributed by atoms with Crippen LogP contribution in [0.1, 0.15) is 34.3 Å². The Balaban J connectivity index is 1.46. The van der Waals surface area contributed by atoms with Gasteiger partial charge in [-0.15, -0.1) is 0 Å². The lowest BCUT2D eigenvalue weighted by Gasteiger charge is -2.34. The minimum absolute atomic E-state index is 0.157. The summed E-state index contributed by atoms with van der Waals surface area (Å²) in [5.41, 5.74) is 2.87. The van der Waals surface area contributed by atoms with Crippen LogP contribution in [-0.4, -0.2) is 54.7 Å². The summed E-state index contributed by atoms with van der Waals surface area (Å²) >= 11 is 5.86. The topological polar surface area (TPSA) is 70.6 Å².